The fourth-order valence-corrected chi connectivity index (χ4v) is 6.53. The Morgan fingerprint density at radius 1 is 0.900 bits per heavy atom. The van der Waals surface area contributed by atoms with Crippen LogP contribution < -0.4 is 9.62 Å². The number of amides is 2. The Labute approximate surface area is 236 Å². The van der Waals surface area contributed by atoms with Gasteiger partial charge >= 0.3 is 0 Å². The van der Waals surface area contributed by atoms with Crippen LogP contribution >= 0.6 is 0 Å². The first kappa shape index (κ1) is 29.3. The molecule has 0 saturated heterocycles. The number of anilines is 1. The van der Waals surface area contributed by atoms with Gasteiger partial charge in [0.25, 0.3) is 10.0 Å². The van der Waals surface area contributed by atoms with Gasteiger partial charge in [-0.1, -0.05) is 74.7 Å². The highest BCUT2D eigenvalue weighted by Crippen LogP contribution is 2.25. The van der Waals surface area contributed by atoms with E-state index in [-0.39, 0.29) is 29.1 Å². The number of hydrogen-bond acceptors (Lipinski definition) is 4. The second-order valence-corrected chi connectivity index (χ2v) is 11.9. The van der Waals surface area contributed by atoms with Crippen molar-refractivity contribution in [1.82, 2.24) is 10.2 Å². The highest BCUT2D eigenvalue weighted by Gasteiger charge is 2.34. The summed E-state index contributed by atoms with van der Waals surface area (Å²) in [4.78, 5) is 29.0. The minimum Gasteiger partial charge on any atom is -0.352 e. The number of nitrogens with one attached hydrogen (secondary N) is 1. The molecule has 7 nitrogen and oxygen atoms in total. The van der Waals surface area contributed by atoms with Crippen molar-refractivity contribution < 1.29 is 22.4 Å². The minimum atomic E-state index is -4.18. The minimum absolute atomic E-state index is 0.00353. The molecule has 3 aromatic rings. The van der Waals surface area contributed by atoms with Gasteiger partial charge in [0.05, 0.1) is 10.6 Å². The molecule has 1 aliphatic carbocycles. The van der Waals surface area contributed by atoms with Gasteiger partial charge in [-0.05, 0) is 61.2 Å². The van der Waals surface area contributed by atoms with Crippen molar-refractivity contribution in [3.05, 3.63) is 96.3 Å². The van der Waals surface area contributed by atoms with E-state index >= 15 is 0 Å². The zero-order valence-electron chi connectivity index (χ0n) is 22.7. The van der Waals surface area contributed by atoms with Crippen molar-refractivity contribution in [3.8, 4) is 0 Å². The summed E-state index contributed by atoms with van der Waals surface area (Å²) < 4.78 is 42.2. The highest BCUT2D eigenvalue weighted by atomic mass is 32.2. The Hall–Kier alpha value is -3.72. The molecule has 2 amide bonds. The zero-order chi connectivity index (χ0) is 28.5. The van der Waals surface area contributed by atoms with Gasteiger partial charge in [-0.25, -0.2) is 12.8 Å². The van der Waals surface area contributed by atoms with Crippen molar-refractivity contribution in [2.24, 2.45) is 0 Å². The van der Waals surface area contributed by atoms with E-state index in [1.54, 1.807) is 18.2 Å². The first-order chi connectivity index (χ1) is 19.3. The number of carbonyl (C=O) groups excluding carboxylic acids is 2. The third-order valence-corrected chi connectivity index (χ3v) is 9.05. The summed E-state index contributed by atoms with van der Waals surface area (Å²) in [5.74, 6) is -1.29. The first-order valence-electron chi connectivity index (χ1n) is 13.8. The smallest absolute Gasteiger partial charge is 0.264 e. The van der Waals surface area contributed by atoms with Crippen molar-refractivity contribution in [2.45, 2.75) is 69.0 Å². The summed E-state index contributed by atoms with van der Waals surface area (Å²) in [6.07, 6.45) is 5.43. The van der Waals surface area contributed by atoms with Crippen molar-refractivity contribution in [2.75, 3.05) is 10.8 Å². The van der Waals surface area contributed by atoms with E-state index in [0.29, 0.717) is 6.42 Å². The zero-order valence-corrected chi connectivity index (χ0v) is 23.5. The summed E-state index contributed by atoms with van der Waals surface area (Å²) >= 11 is 0. The maximum absolute atomic E-state index is 14.0. The average Bonchev–Trinajstić information content (AvgIpc) is 2.97. The van der Waals surface area contributed by atoms with E-state index in [1.807, 2.05) is 37.3 Å². The monoisotopic (exact) mass is 565 g/mol. The van der Waals surface area contributed by atoms with Crippen LogP contribution in [0.25, 0.3) is 0 Å². The molecule has 3 aromatic carbocycles. The number of rotatable bonds is 11. The highest BCUT2D eigenvalue weighted by molar-refractivity contribution is 7.92. The van der Waals surface area contributed by atoms with Gasteiger partial charge in [-0.3, -0.25) is 13.9 Å². The van der Waals surface area contributed by atoms with Crippen LogP contribution in [0.1, 0.15) is 51.0 Å². The lowest BCUT2D eigenvalue weighted by Crippen LogP contribution is -2.54. The lowest BCUT2D eigenvalue weighted by molar-refractivity contribution is -0.140. The maximum Gasteiger partial charge on any atom is 0.264 e. The van der Waals surface area contributed by atoms with Crippen LogP contribution in [-0.4, -0.2) is 43.8 Å². The molecule has 0 heterocycles. The Kier molecular flexibility index (Phi) is 9.93. The molecule has 0 aliphatic heterocycles. The van der Waals surface area contributed by atoms with Crippen molar-refractivity contribution in [3.63, 3.8) is 0 Å². The van der Waals surface area contributed by atoms with Gasteiger partial charge < -0.3 is 10.2 Å². The SMILES string of the molecule is CC[C@@H](C(=O)NC1CCCCC1)N(Cc1ccccc1)C(=O)CN(c1ccc(F)cc1)S(=O)(=O)c1ccccc1. The van der Waals surface area contributed by atoms with Gasteiger partial charge in [-0.15, -0.1) is 0 Å². The molecule has 1 N–H and O–H groups in total. The van der Waals surface area contributed by atoms with E-state index in [1.165, 1.54) is 29.2 Å². The molecule has 0 radical (unpaired) electrons. The van der Waals surface area contributed by atoms with Crippen LogP contribution in [0, 0.1) is 5.82 Å². The molecule has 1 aliphatic rings. The van der Waals surface area contributed by atoms with Crippen molar-refractivity contribution in [1.29, 1.82) is 0 Å². The summed E-state index contributed by atoms with van der Waals surface area (Å²) in [5, 5.41) is 3.13. The second kappa shape index (κ2) is 13.6. The first-order valence-corrected chi connectivity index (χ1v) is 15.2. The average molecular weight is 566 g/mol. The third-order valence-electron chi connectivity index (χ3n) is 7.26. The molecule has 4 rings (SSSR count). The number of carbonyl (C=O) groups is 2. The van der Waals surface area contributed by atoms with Crippen LogP contribution in [0.15, 0.2) is 89.8 Å². The van der Waals surface area contributed by atoms with Crippen LogP contribution in [0.5, 0.6) is 0 Å². The van der Waals surface area contributed by atoms with E-state index in [9.17, 15) is 22.4 Å². The number of hydrogen-bond donors (Lipinski definition) is 1. The molecule has 0 bridgehead atoms. The molecule has 40 heavy (non-hydrogen) atoms. The Balaban J connectivity index is 1.67. The van der Waals surface area contributed by atoms with Gasteiger partial charge in [0.1, 0.15) is 18.4 Å². The van der Waals surface area contributed by atoms with E-state index in [2.05, 4.69) is 5.32 Å². The van der Waals surface area contributed by atoms with Crippen LogP contribution in [-0.2, 0) is 26.2 Å². The normalized spacial score (nSPS) is 14.8. The predicted molar refractivity (Wildman–Crippen MR) is 153 cm³/mol. The molecule has 1 saturated carbocycles. The van der Waals surface area contributed by atoms with E-state index in [0.717, 1.165) is 54.1 Å². The lowest BCUT2D eigenvalue weighted by atomic mass is 9.95. The molecular weight excluding hydrogens is 529 g/mol. The molecule has 9 heteroatoms. The van der Waals surface area contributed by atoms with Gasteiger partial charge in [0.15, 0.2) is 0 Å². The van der Waals surface area contributed by atoms with E-state index < -0.39 is 34.3 Å². The Morgan fingerprint density at radius 3 is 2.10 bits per heavy atom. The van der Waals surface area contributed by atoms with Gasteiger partial charge in [-0.2, -0.15) is 0 Å². The molecule has 1 atom stereocenters. The summed E-state index contributed by atoms with van der Waals surface area (Å²) in [5.41, 5.74) is 0.969. The van der Waals surface area contributed by atoms with Gasteiger partial charge in [0.2, 0.25) is 11.8 Å². The fourth-order valence-electron chi connectivity index (χ4n) is 5.10. The molecule has 1 fully saturated rings. The number of benzene rings is 3. The molecule has 0 aromatic heterocycles. The number of halogens is 1. The lowest BCUT2D eigenvalue weighted by Gasteiger charge is -2.34. The van der Waals surface area contributed by atoms with Crippen LogP contribution in [0.4, 0.5) is 10.1 Å². The fraction of sp³-hybridized carbons (Fsp3) is 0.355. The Morgan fingerprint density at radius 2 is 1.50 bits per heavy atom. The molecule has 0 spiro atoms. The summed E-state index contributed by atoms with van der Waals surface area (Å²) in [6.45, 7) is 1.43. The molecule has 0 unspecified atom stereocenters. The van der Waals surface area contributed by atoms with E-state index in [4.69, 9.17) is 0 Å². The Bertz CT molecular complexity index is 1360. The topological polar surface area (TPSA) is 86.8 Å². The number of nitrogens with zero attached hydrogens (tertiary/aromatic N) is 2. The summed E-state index contributed by atoms with van der Waals surface area (Å²) in [6, 6.07) is 21.3. The van der Waals surface area contributed by atoms with Gasteiger partial charge in [0, 0.05) is 12.6 Å². The predicted octanol–water partition coefficient (Wildman–Crippen LogP) is 5.28. The van der Waals surface area contributed by atoms with Crippen molar-refractivity contribution >= 4 is 27.5 Å². The maximum atomic E-state index is 14.0. The quantitative estimate of drug-likeness (QED) is 0.343. The molecular formula is C31H36FN3O4S. The largest absolute Gasteiger partial charge is 0.352 e. The molecule has 212 valence electrons. The third kappa shape index (κ3) is 7.27. The standard InChI is InChI=1S/C31H36FN3O4S/c1-2-29(31(37)33-26-14-8-4-9-15-26)34(22-24-12-6-3-7-13-24)30(36)23-35(27-20-18-25(32)19-21-27)40(38,39)28-16-10-5-11-17-28/h3,5-7,10-13,16-21,26,29H,2,4,8-9,14-15,22-23H2,1H3,(H,33,37)/t29-/m0/s1. The number of sulfonamides is 1. The van der Waals surface area contributed by atoms with Crippen LogP contribution in [0.3, 0.4) is 0 Å². The summed E-state index contributed by atoms with van der Waals surface area (Å²) in [7, 11) is -4.18. The second-order valence-electron chi connectivity index (χ2n) is 10.1. The van der Waals surface area contributed by atoms with Crippen LogP contribution in [0.2, 0.25) is 0 Å².